The van der Waals surface area contributed by atoms with Gasteiger partial charge in [0.15, 0.2) is 5.90 Å². The van der Waals surface area contributed by atoms with Crippen LogP contribution in [0.4, 0.5) is 0 Å². The standard InChI is InChI=1S/C15H23NO/c1-5-17-15(13(4)12(2)3)16-11-14-9-7-6-8-10-14/h6-10,12-13H,5,11H2,1-4H3. The molecule has 0 aliphatic heterocycles. The van der Waals surface area contributed by atoms with Crippen molar-refractivity contribution in [2.45, 2.75) is 34.2 Å². The fraction of sp³-hybridized carbons (Fsp3) is 0.533. The molecule has 0 saturated heterocycles. The molecule has 0 aliphatic rings. The first-order chi connectivity index (χ1) is 8.15. The first-order valence-electron chi connectivity index (χ1n) is 6.36. The van der Waals surface area contributed by atoms with E-state index in [0.29, 0.717) is 25.0 Å². The van der Waals surface area contributed by atoms with Crippen molar-refractivity contribution in [3.63, 3.8) is 0 Å². The summed E-state index contributed by atoms with van der Waals surface area (Å²) in [6.45, 7) is 9.95. The van der Waals surface area contributed by atoms with Gasteiger partial charge in [0, 0.05) is 5.92 Å². The van der Waals surface area contributed by atoms with Gasteiger partial charge in [0.25, 0.3) is 0 Å². The van der Waals surface area contributed by atoms with E-state index in [4.69, 9.17) is 4.74 Å². The molecule has 0 saturated carbocycles. The van der Waals surface area contributed by atoms with E-state index in [9.17, 15) is 0 Å². The molecular formula is C15H23NO. The molecule has 1 aromatic rings. The monoisotopic (exact) mass is 233 g/mol. The zero-order chi connectivity index (χ0) is 12.7. The van der Waals surface area contributed by atoms with Crippen molar-refractivity contribution >= 4 is 5.90 Å². The quantitative estimate of drug-likeness (QED) is 0.558. The number of ether oxygens (including phenoxy) is 1. The Morgan fingerprint density at radius 3 is 2.35 bits per heavy atom. The Bertz CT molecular complexity index is 343. The lowest BCUT2D eigenvalue weighted by Crippen LogP contribution is -2.20. The summed E-state index contributed by atoms with van der Waals surface area (Å²) in [5.74, 6) is 1.81. The van der Waals surface area contributed by atoms with E-state index >= 15 is 0 Å². The molecule has 0 spiro atoms. The van der Waals surface area contributed by atoms with E-state index in [1.807, 2.05) is 25.1 Å². The molecule has 1 atom stereocenters. The fourth-order valence-corrected chi connectivity index (χ4v) is 1.51. The van der Waals surface area contributed by atoms with Crippen LogP contribution in [0.25, 0.3) is 0 Å². The van der Waals surface area contributed by atoms with E-state index in [1.54, 1.807) is 0 Å². The highest BCUT2D eigenvalue weighted by Gasteiger charge is 2.15. The SMILES string of the molecule is CCOC(=NCc1ccccc1)C(C)C(C)C. The maximum atomic E-state index is 5.64. The van der Waals surface area contributed by atoms with Crippen LogP contribution in [0, 0.1) is 11.8 Å². The molecular weight excluding hydrogens is 210 g/mol. The maximum absolute atomic E-state index is 5.64. The summed E-state index contributed by atoms with van der Waals surface area (Å²) in [6, 6.07) is 10.3. The molecule has 0 bridgehead atoms. The van der Waals surface area contributed by atoms with Gasteiger partial charge in [-0.1, -0.05) is 51.1 Å². The van der Waals surface area contributed by atoms with Gasteiger partial charge in [-0.2, -0.15) is 0 Å². The smallest absolute Gasteiger partial charge is 0.186 e. The van der Waals surface area contributed by atoms with Gasteiger partial charge in [0.05, 0.1) is 13.2 Å². The van der Waals surface area contributed by atoms with Gasteiger partial charge in [0.2, 0.25) is 0 Å². The summed E-state index contributed by atoms with van der Waals surface area (Å²) in [4.78, 5) is 4.60. The summed E-state index contributed by atoms with van der Waals surface area (Å²) >= 11 is 0. The predicted molar refractivity (Wildman–Crippen MR) is 73.2 cm³/mol. The van der Waals surface area contributed by atoms with E-state index in [1.165, 1.54) is 5.56 Å². The highest BCUT2D eigenvalue weighted by Crippen LogP contribution is 2.14. The molecule has 2 heteroatoms. The third-order valence-electron chi connectivity index (χ3n) is 2.94. The number of hydrogen-bond donors (Lipinski definition) is 0. The summed E-state index contributed by atoms with van der Waals surface area (Å²) in [5.41, 5.74) is 1.22. The average molecular weight is 233 g/mol. The van der Waals surface area contributed by atoms with Crippen molar-refractivity contribution in [1.29, 1.82) is 0 Å². The first-order valence-corrected chi connectivity index (χ1v) is 6.36. The van der Waals surface area contributed by atoms with Crippen LogP contribution in [-0.4, -0.2) is 12.5 Å². The van der Waals surface area contributed by atoms with Crippen LogP contribution in [-0.2, 0) is 11.3 Å². The van der Waals surface area contributed by atoms with E-state index in [-0.39, 0.29) is 0 Å². The molecule has 94 valence electrons. The normalized spacial score (nSPS) is 13.8. The average Bonchev–Trinajstić information content (AvgIpc) is 2.34. The minimum atomic E-state index is 0.374. The van der Waals surface area contributed by atoms with Crippen LogP contribution >= 0.6 is 0 Å². The summed E-state index contributed by atoms with van der Waals surface area (Å²) in [5, 5.41) is 0. The Labute approximate surface area is 105 Å². The van der Waals surface area contributed by atoms with Gasteiger partial charge >= 0.3 is 0 Å². The molecule has 0 N–H and O–H groups in total. The van der Waals surface area contributed by atoms with Crippen molar-refractivity contribution in [3.8, 4) is 0 Å². The van der Waals surface area contributed by atoms with E-state index < -0.39 is 0 Å². The highest BCUT2D eigenvalue weighted by molar-refractivity contribution is 5.78. The van der Waals surface area contributed by atoms with Crippen molar-refractivity contribution in [2.24, 2.45) is 16.8 Å². The Morgan fingerprint density at radius 1 is 1.18 bits per heavy atom. The zero-order valence-electron chi connectivity index (χ0n) is 11.3. The van der Waals surface area contributed by atoms with E-state index in [2.05, 4.69) is 37.9 Å². The van der Waals surface area contributed by atoms with Gasteiger partial charge in [0.1, 0.15) is 0 Å². The second kappa shape index (κ2) is 7.10. The number of aliphatic imine (C=N–C) groups is 1. The number of nitrogens with zero attached hydrogens (tertiary/aromatic N) is 1. The van der Waals surface area contributed by atoms with Gasteiger partial charge in [-0.3, -0.25) is 4.99 Å². The topological polar surface area (TPSA) is 21.6 Å². The molecule has 17 heavy (non-hydrogen) atoms. The lowest BCUT2D eigenvalue weighted by molar-refractivity contribution is 0.286. The van der Waals surface area contributed by atoms with Crippen LogP contribution in [0.5, 0.6) is 0 Å². The molecule has 0 aromatic heterocycles. The molecule has 1 aromatic carbocycles. The summed E-state index contributed by atoms with van der Waals surface area (Å²) in [7, 11) is 0. The Balaban J connectivity index is 2.70. The van der Waals surface area contributed by atoms with Crippen LogP contribution in [0.15, 0.2) is 35.3 Å². The van der Waals surface area contributed by atoms with Crippen LogP contribution in [0.2, 0.25) is 0 Å². The lowest BCUT2D eigenvalue weighted by Gasteiger charge is -2.18. The van der Waals surface area contributed by atoms with Crippen molar-refractivity contribution < 1.29 is 4.74 Å². The molecule has 1 unspecified atom stereocenters. The number of rotatable bonds is 5. The number of hydrogen-bond acceptors (Lipinski definition) is 2. The molecule has 2 nitrogen and oxygen atoms in total. The molecule has 0 heterocycles. The second-order valence-electron chi connectivity index (χ2n) is 4.61. The number of benzene rings is 1. The van der Waals surface area contributed by atoms with Crippen LogP contribution < -0.4 is 0 Å². The highest BCUT2D eigenvalue weighted by atomic mass is 16.5. The fourth-order valence-electron chi connectivity index (χ4n) is 1.51. The predicted octanol–water partition coefficient (Wildman–Crippen LogP) is 3.91. The van der Waals surface area contributed by atoms with Crippen LogP contribution in [0.1, 0.15) is 33.3 Å². The van der Waals surface area contributed by atoms with E-state index in [0.717, 1.165) is 5.90 Å². The Hall–Kier alpha value is -1.31. The maximum Gasteiger partial charge on any atom is 0.186 e. The second-order valence-corrected chi connectivity index (χ2v) is 4.61. The van der Waals surface area contributed by atoms with Gasteiger partial charge in [-0.15, -0.1) is 0 Å². The third kappa shape index (κ3) is 4.59. The third-order valence-corrected chi connectivity index (χ3v) is 2.94. The molecule has 0 amide bonds. The molecule has 0 aliphatic carbocycles. The molecule has 1 rings (SSSR count). The van der Waals surface area contributed by atoms with Crippen molar-refractivity contribution in [2.75, 3.05) is 6.61 Å². The van der Waals surface area contributed by atoms with Gasteiger partial charge in [-0.25, -0.2) is 0 Å². The largest absolute Gasteiger partial charge is 0.481 e. The van der Waals surface area contributed by atoms with Gasteiger partial charge < -0.3 is 4.74 Å². The first kappa shape index (κ1) is 13.8. The minimum Gasteiger partial charge on any atom is -0.481 e. The molecule has 0 radical (unpaired) electrons. The van der Waals surface area contributed by atoms with Gasteiger partial charge in [-0.05, 0) is 18.4 Å². The van der Waals surface area contributed by atoms with Crippen molar-refractivity contribution in [1.82, 2.24) is 0 Å². The minimum absolute atomic E-state index is 0.374. The summed E-state index contributed by atoms with van der Waals surface area (Å²) < 4.78 is 5.64. The summed E-state index contributed by atoms with van der Waals surface area (Å²) in [6.07, 6.45) is 0. The van der Waals surface area contributed by atoms with Crippen molar-refractivity contribution in [3.05, 3.63) is 35.9 Å². The Morgan fingerprint density at radius 2 is 1.82 bits per heavy atom. The lowest BCUT2D eigenvalue weighted by atomic mass is 9.98. The Kier molecular flexibility index (Phi) is 5.75. The van der Waals surface area contributed by atoms with Crippen LogP contribution in [0.3, 0.4) is 0 Å². The molecule has 0 fully saturated rings. The zero-order valence-corrected chi connectivity index (χ0v) is 11.3.